The van der Waals surface area contributed by atoms with E-state index in [9.17, 15) is 55.2 Å². The number of rotatable bonds is 20. The van der Waals surface area contributed by atoms with Crippen molar-refractivity contribution in [2.75, 3.05) is 0 Å². The van der Waals surface area contributed by atoms with Crippen molar-refractivity contribution in [1.29, 1.82) is 0 Å². The molecule has 6 aliphatic heterocycles. The van der Waals surface area contributed by atoms with Crippen LogP contribution in [-0.2, 0) is 76.0 Å². The normalized spacial score (nSPS) is 43.1. The highest BCUT2D eigenvalue weighted by Gasteiger charge is 2.59. The van der Waals surface area contributed by atoms with Crippen LogP contribution < -0.4 is 0 Å². The Morgan fingerprint density at radius 3 is 1.71 bits per heavy atom. The summed E-state index contributed by atoms with van der Waals surface area (Å²) >= 11 is 0. The Morgan fingerprint density at radius 2 is 1.02 bits per heavy atom. The van der Waals surface area contributed by atoms with Crippen molar-refractivity contribution in [1.82, 2.24) is 0 Å². The van der Waals surface area contributed by atoms with Gasteiger partial charge in [0.15, 0.2) is 49.8 Å². The highest BCUT2D eigenvalue weighted by Crippen LogP contribution is 2.39. The number of esters is 3. The summed E-state index contributed by atoms with van der Waals surface area (Å²) in [5.74, 6) is -2.81. The lowest BCUT2D eigenvalue weighted by molar-refractivity contribution is -0.399. The molecule has 0 aromatic heterocycles. The standard InChI is InChI=1S/C59H102O24/c1-10-13-15-19-24-28-37(60)77-47-33(7)73-56(45(68)43(47)66)80-49-35(9)75-59(53(79-54(70)30(4)12-3)52(49)83-55-44(67)41(64)39(62)31(5)71-55)81-48-34(8)74-57-46(69)50(48)78-38(61)29-25-21-18-16-17-20-23-27-36(26-22-14-11-2)76-58-51(82-57)42(65)40(63)32(6)72-58/h30-36,39-53,55-59,62-69H,10-29H2,1-9H3/t30-,31-,32+,33-,34-,35-,36-,39-,40-,41+,42-,43-,44+,45+,46+,47-,48-,49-,50-,51+,52+,53+,55-,56-,57-,58-,59-/m0/s1. The van der Waals surface area contributed by atoms with Crippen molar-refractivity contribution in [2.24, 2.45) is 5.92 Å². The van der Waals surface area contributed by atoms with Gasteiger partial charge in [-0.05, 0) is 66.7 Å². The molecule has 24 heteroatoms. The monoisotopic (exact) mass is 1190 g/mol. The summed E-state index contributed by atoms with van der Waals surface area (Å²) in [6.07, 6.45) is -23.3. The van der Waals surface area contributed by atoms with E-state index < -0.39 is 177 Å². The summed E-state index contributed by atoms with van der Waals surface area (Å²) in [6.45, 7) is 15.2. The zero-order valence-corrected chi connectivity index (χ0v) is 50.3. The van der Waals surface area contributed by atoms with E-state index in [0.29, 0.717) is 25.7 Å². The number of fused-ring (bicyclic) bond motifs is 3. The molecule has 6 heterocycles. The van der Waals surface area contributed by atoms with E-state index in [1.54, 1.807) is 27.7 Å². The molecule has 0 aliphatic carbocycles. The first kappa shape index (κ1) is 69.8. The van der Waals surface area contributed by atoms with Crippen molar-refractivity contribution >= 4 is 17.9 Å². The van der Waals surface area contributed by atoms with E-state index in [0.717, 1.165) is 89.9 Å². The lowest BCUT2D eigenvalue weighted by Crippen LogP contribution is -2.68. The molecule has 6 saturated heterocycles. The van der Waals surface area contributed by atoms with Gasteiger partial charge in [-0.2, -0.15) is 0 Å². The number of aliphatic hydroxyl groups is 8. The summed E-state index contributed by atoms with van der Waals surface area (Å²) in [4.78, 5) is 41.0. The largest absolute Gasteiger partial charge is 0.457 e. The van der Waals surface area contributed by atoms with Gasteiger partial charge in [-0.1, -0.05) is 111 Å². The van der Waals surface area contributed by atoms with Crippen LogP contribution in [0.2, 0.25) is 0 Å². The van der Waals surface area contributed by atoms with Gasteiger partial charge in [0.05, 0.1) is 42.5 Å². The van der Waals surface area contributed by atoms with Crippen LogP contribution in [0.3, 0.4) is 0 Å². The number of ether oxygens (including phenoxy) is 13. The Bertz CT molecular complexity index is 1920. The van der Waals surface area contributed by atoms with Crippen LogP contribution in [-0.4, -0.2) is 218 Å². The van der Waals surface area contributed by atoms with Gasteiger partial charge < -0.3 is 102 Å². The quantitative estimate of drug-likeness (QED) is 0.0489. The second-order valence-electron chi connectivity index (χ2n) is 23.9. The molecule has 83 heavy (non-hydrogen) atoms. The maximum absolute atomic E-state index is 14.1. The van der Waals surface area contributed by atoms with Crippen molar-refractivity contribution in [2.45, 2.75) is 350 Å². The third-order valence-electron chi connectivity index (χ3n) is 17.2. The van der Waals surface area contributed by atoms with Gasteiger partial charge in [-0.3, -0.25) is 14.4 Å². The van der Waals surface area contributed by atoms with Crippen LogP contribution in [0.4, 0.5) is 0 Å². The van der Waals surface area contributed by atoms with Gasteiger partial charge >= 0.3 is 17.9 Å². The Hall–Kier alpha value is -2.31. The number of hydrogen-bond donors (Lipinski definition) is 8. The fourth-order valence-electron chi connectivity index (χ4n) is 11.6. The van der Waals surface area contributed by atoms with Crippen molar-refractivity contribution in [3.63, 3.8) is 0 Å². The van der Waals surface area contributed by atoms with Crippen LogP contribution in [0.15, 0.2) is 0 Å². The fourth-order valence-corrected chi connectivity index (χ4v) is 11.6. The first-order chi connectivity index (χ1) is 39.6. The van der Waals surface area contributed by atoms with Gasteiger partial charge in [-0.25, -0.2) is 0 Å². The predicted octanol–water partition coefficient (Wildman–Crippen LogP) is 3.77. The van der Waals surface area contributed by atoms with E-state index in [1.165, 1.54) is 20.8 Å². The maximum Gasteiger partial charge on any atom is 0.309 e. The molecular weight excluding hydrogens is 1090 g/mol. The smallest absolute Gasteiger partial charge is 0.309 e. The van der Waals surface area contributed by atoms with Crippen LogP contribution in [0.25, 0.3) is 0 Å². The van der Waals surface area contributed by atoms with Crippen molar-refractivity contribution < 1.29 is 117 Å². The van der Waals surface area contributed by atoms with Gasteiger partial charge in [0.2, 0.25) is 0 Å². The molecule has 0 spiro atoms. The van der Waals surface area contributed by atoms with Gasteiger partial charge in [0.1, 0.15) is 73.2 Å². The molecule has 6 rings (SSSR count). The van der Waals surface area contributed by atoms with Crippen LogP contribution in [0, 0.1) is 5.92 Å². The zero-order chi connectivity index (χ0) is 60.7. The molecule has 8 N–H and O–H groups in total. The minimum atomic E-state index is -1.91. The Balaban J connectivity index is 1.33. The first-order valence-electron chi connectivity index (χ1n) is 31.2. The highest BCUT2D eigenvalue weighted by molar-refractivity contribution is 5.72. The lowest BCUT2D eigenvalue weighted by atomic mass is 9.95. The summed E-state index contributed by atoms with van der Waals surface area (Å²) < 4.78 is 82.0. The Kier molecular flexibility index (Phi) is 28.5. The molecule has 0 unspecified atom stereocenters. The summed E-state index contributed by atoms with van der Waals surface area (Å²) in [5.41, 5.74) is 0. The topological polar surface area (TPSA) is 333 Å². The van der Waals surface area contributed by atoms with Crippen molar-refractivity contribution in [3.05, 3.63) is 0 Å². The molecule has 0 amide bonds. The van der Waals surface area contributed by atoms with Gasteiger partial charge in [-0.15, -0.1) is 0 Å². The maximum atomic E-state index is 14.1. The van der Waals surface area contributed by atoms with Crippen LogP contribution in [0.1, 0.15) is 191 Å². The number of carbonyl (C=O) groups excluding carboxylic acids is 3. The zero-order valence-electron chi connectivity index (χ0n) is 50.3. The average molecular weight is 1200 g/mol. The molecule has 6 fully saturated rings. The molecule has 0 aromatic carbocycles. The molecule has 0 aromatic rings. The fraction of sp³-hybridized carbons (Fsp3) is 0.949. The molecular formula is C59H102O24. The minimum absolute atomic E-state index is 0.0280. The number of aliphatic hydroxyl groups excluding tert-OH is 8. The molecule has 482 valence electrons. The number of unbranched alkanes of at least 4 members (excludes halogenated alkanes) is 6. The van der Waals surface area contributed by atoms with E-state index >= 15 is 0 Å². The Labute approximate surface area is 489 Å². The van der Waals surface area contributed by atoms with E-state index in [2.05, 4.69) is 13.8 Å². The predicted molar refractivity (Wildman–Crippen MR) is 292 cm³/mol. The van der Waals surface area contributed by atoms with Gasteiger partial charge in [0.25, 0.3) is 0 Å². The minimum Gasteiger partial charge on any atom is -0.457 e. The third kappa shape index (κ3) is 18.9. The highest BCUT2D eigenvalue weighted by atomic mass is 16.8. The number of carbonyl (C=O) groups is 3. The summed E-state index contributed by atoms with van der Waals surface area (Å²) in [6, 6.07) is 0. The second kappa shape index (κ2) is 33.9. The molecule has 24 nitrogen and oxygen atoms in total. The SMILES string of the molecule is CCCCCCCC(=O)O[C@@H]1[C@@H](O)[C@@H](O)[C@H](O[C@@H]2[C@@H](O[C@@H]3O[C@@H](C)[C@H](O)[C@@H](O)[C@H]3O)[C@@H](OC(=O)[C@@H](C)CC)[C@H](O[C@@H]3[C@H]4OC(=O)CCCCCCCCC[C@H](CCCCC)O[C@@H]5O[C@H](C)[C@H](O)[C@H](O)[C@H]5O[C@H](O[C@H]3C)[C@@H]4O)O[C@H]2C)O[C@H]1C. The average Bonchev–Trinajstić information content (AvgIpc) is 3.48. The second-order valence-corrected chi connectivity index (χ2v) is 23.9. The van der Waals surface area contributed by atoms with E-state index in [4.69, 9.17) is 61.6 Å². The van der Waals surface area contributed by atoms with Crippen molar-refractivity contribution in [3.8, 4) is 0 Å². The Morgan fingerprint density at radius 1 is 0.482 bits per heavy atom. The van der Waals surface area contributed by atoms with E-state index in [-0.39, 0.29) is 18.9 Å². The molecule has 2 bridgehead atoms. The molecule has 27 atom stereocenters. The molecule has 0 saturated carbocycles. The number of hydrogen-bond acceptors (Lipinski definition) is 24. The van der Waals surface area contributed by atoms with Crippen LogP contribution in [0.5, 0.6) is 0 Å². The molecule has 6 aliphatic rings. The van der Waals surface area contributed by atoms with Crippen LogP contribution >= 0.6 is 0 Å². The summed E-state index contributed by atoms with van der Waals surface area (Å²) in [7, 11) is 0. The molecule has 0 radical (unpaired) electrons. The third-order valence-corrected chi connectivity index (χ3v) is 17.2. The van der Waals surface area contributed by atoms with Gasteiger partial charge in [0, 0.05) is 12.8 Å². The lowest BCUT2D eigenvalue weighted by Gasteiger charge is -2.51. The summed E-state index contributed by atoms with van der Waals surface area (Å²) in [5, 5.41) is 91.4. The van der Waals surface area contributed by atoms with E-state index in [1.807, 2.05) is 0 Å². The first-order valence-corrected chi connectivity index (χ1v) is 31.2.